The van der Waals surface area contributed by atoms with Crippen LogP contribution in [0.25, 0.3) is 0 Å². The summed E-state index contributed by atoms with van der Waals surface area (Å²) < 4.78 is 38.4. The van der Waals surface area contributed by atoms with Gasteiger partial charge in [-0.25, -0.2) is 9.97 Å². The zero-order chi connectivity index (χ0) is 17.4. The van der Waals surface area contributed by atoms with Crippen LogP contribution in [0.15, 0.2) is 17.5 Å². The van der Waals surface area contributed by atoms with Gasteiger partial charge in [0.1, 0.15) is 23.6 Å². The van der Waals surface area contributed by atoms with E-state index in [0.29, 0.717) is 32.4 Å². The van der Waals surface area contributed by atoms with Crippen molar-refractivity contribution in [3.8, 4) is 0 Å². The van der Waals surface area contributed by atoms with E-state index in [1.807, 2.05) is 0 Å². The average Bonchev–Trinajstić information content (AvgIpc) is 2.97. The molecule has 10 heteroatoms. The van der Waals surface area contributed by atoms with E-state index < -0.39 is 17.5 Å². The molecule has 1 unspecified atom stereocenters. The van der Waals surface area contributed by atoms with Crippen LogP contribution in [0.5, 0.6) is 0 Å². The minimum atomic E-state index is -4.52. The van der Waals surface area contributed by atoms with E-state index in [9.17, 15) is 18.0 Å². The van der Waals surface area contributed by atoms with E-state index in [1.54, 1.807) is 4.90 Å². The molecule has 1 N–H and O–H groups in total. The standard InChI is InChI=1S/C14H16F3N5O2/c1-18-12(23)9-6-13(24-21-9)3-2-4-22(7-13)11-5-10(14(15,16)17)19-8-20-11/h5,8H,2-4,6-7H2,1H3,(H,18,23). The van der Waals surface area contributed by atoms with Crippen molar-refractivity contribution in [3.63, 3.8) is 0 Å². The number of alkyl halides is 3. The molecule has 0 aromatic carbocycles. The van der Waals surface area contributed by atoms with Gasteiger partial charge in [-0.05, 0) is 12.8 Å². The Hall–Kier alpha value is -2.39. The first-order valence-electron chi connectivity index (χ1n) is 7.44. The van der Waals surface area contributed by atoms with E-state index in [1.165, 1.54) is 7.05 Å². The molecular formula is C14H16F3N5O2. The molecule has 0 saturated carbocycles. The van der Waals surface area contributed by atoms with Crippen LogP contribution in [-0.2, 0) is 15.8 Å². The number of piperidine rings is 1. The number of carbonyl (C=O) groups is 1. The second kappa shape index (κ2) is 5.91. The molecule has 1 saturated heterocycles. The van der Waals surface area contributed by atoms with Gasteiger partial charge in [-0.1, -0.05) is 5.16 Å². The van der Waals surface area contributed by atoms with E-state index in [-0.39, 0.29) is 17.4 Å². The van der Waals surface area contributed by atoms with Crippen LogP contribution < -0.4 is 10.2 Å². The Balaban J connectivity index is 1.77. The zero-order valence-corrected chi connectivity index (χ0v) is 12.9. The van der Waals surface area contributed by atoms with E-state index >= 15 is 0 Å². The number of hydrogen-bond acceptors (Lipinski definition) is 6. The number of amides is 1. The third kappa shape index (κ3) is 3.13. The fraction of sp³-hybridized carbons (Fsp3) is 0.571. The van der Waals surface area contributed by atoms with Crippen LogP contribution in [0.3, 0.4) is 0 Å². The van der Waals surface area contributed by atoms with Gasteiger partial charge in [0.05, 0.1) is 6.54 Å². The predicted molar refractivity (Wildman–Crippen MR) is 78.4 cm³/mol. The first-order valence-corrected chi connectivity index (χ1v) is 7.44. The first kappa shape index (κ1) is 16.5. The number of rotatable bonds is 2. The molecule has 1 spiro atoms. The Morgan fingerprint density at radius 1 is 1.42 bits per heavy atom. The SMILES string of the molecule is CNC(=O)C1=NOC2(CCCN(c3cc(C(F)(F)F)ncn3)C2)C1. The summed E-state index contributed by atoms with van der Waals surface area (Å²) in [6.07, 6.45) is -1.93. The fourth-order valence-electron chi connectivity index (χ4n) is 2.98. The Morgan fingerprint density at radius 3 is 2.92 bits per heavy atom. The van der Waals surface area contributed by atoms with Gasteiger partial charge in [0.2, 0.25) is 0 Å². The molecule has 1 aromatic rings. The topological polar surface area (TPSA) is 79.7 Å². The van der Waals surface area contributed by atoms with Crippen LogP contribution in [0, 0.1) is 0 Å². The minimum Gasteiger partial charge on any atom is -0.386 e. The highest BCUT2D eigenvalue weighted by Crippen LogP contribution is 2.36. The Morgan fingerprint density at radius 2 is 2.21 bits per heavy atom. The largest absolute Gasteiger partial charge is 0.433 e. The van der Waals surface area contributed by atoms with Crippen LogP contribution in [-0.4, -0.2) is 47.3 Å². The van der Waals surface area contributed by atoms with Gasteiger partial charge >= 0.3 is 6.18 Å². The number of oxime groups is 1. The first-order chi connectivity index (χ1) is 11.3. The van der Waals surface area contributed by atoms with Gasteiger partial charge in [0.25, 0.3) is 5.91 Å². The van der Waals surface area contributed by atoms with Crippen LogP contribution in [0.2, 0.25) is 0 Å². The normalized spacial score (nSPS) is 23.8. The summed E-state index contributed by atoms with van der Waals surface area (Å²) in [5.41, 5.74) is -1.40. The van der Waals surface area contributed by atoms with Crippen LogP contribution >= 0.6 is 0 Å². The maximum Gasteiger partial charge on any atom is 0.433 e. The average molecular weight is 343 g/mol. The van der Waals surface area contributed by atoms with Crippen molar-refractivity contribution in [2.24, 2.45) is 5.16 Å². The molecule has 1 aromatic heterocycles. The lowest BCUT2D eigenvalue weighted by Gasteiger charge is -2.38. The molecule has 2 aliphatic heterocycles. The summed E-state index contributed by atoms with van der Waals surface area (Å²) in [6, 6.07) is 0.925. The van der Waals surface area contributed by atoms with Crippen molar-refractivity contribution in [1.29, 1.82) is 0 Å². The van der Waals surface area contributed by atoms with Crippen molar-refractivity contribution < 1.29 is 22.8 Å². The van der Waals surface area contributed by atoms with Gasteiger partial charge in [-0.15, -0.1) is 0 Å². The summed E-state index contributed by atoms with van der Waals surface area (Å²) in [7, 11) is 1.50. The molecule has 0 radical (unpaired) electrons. The molecule has 2 aliphatic rings. The molecule has 1 amide bonds. The highest BCUT2D eigenvalue weighted by molar-refractivity contribution is 6.39. The Labute approximate surface area is 135 Å². The van der Waals surface area contributed by atoms with E-state index in [0.717, 1.165) is 12.4 Å². The summed E-state index contributed by atoms with van der Waals surface area (Å²) in [5.74, 6) is -0.126. The van der Waals surface area contributed by atoms with Crippen LogP contribution in [0.4, 0.5) is 19.0 Å². The molecule has 0 aliphatic carbocycles. The van der Waals surface area contributed by atoms with Gasteiger partial charge in [0, 0.05) is 26.1 Å². The molecule has 3 rings (SSSR count). The van der Waals surface area contributed by atoms with E-state index in [4.69, 9.17) is 4.84 Å². The summed E-state index contributed by atoms with van der Waals surface area (Å²) in [4.78, 5) is 26.1. The lowest BCUT2D eigenvalue weighted by atomic mass is 9.88. The number of hydrogen-bond donors (Lipinski definition) is 1. The van der Waals surface area contributed by atoms with Gasteiger partial charge < -0.3 is 15.1 Å². The molecule has 130 valence electrons. The number of aromatic nitrogens is 2. The molecule has 1 atom stereocenters. The molecular weight excluding hydrogens is 327 g/mol. The lowest BCUT2D eigenvalue weighted by Crippen LogP contribution is -2.49. The van der Waals surface area contributed by atoms with Crippen molar-refractivity contribution in [3.05, 3.63) is 18.1 Å². The fourth-order valence-corrected chi connectivity index (χ4v) is 2.98. The third-order valence-electron chi connectivity index (χ3n) is 4.13. The Kier molecular flexibility index (Phi) is 4.06. The quantitative estimate of drug-likeness (QED) is 0.877. The van der Waals surface area contributed by atoms with Crippen LogP contribution in [0.1, 0.15) is 25.0 Å². The van der Waals surface area contributed by atoms with Crippen molar-refractivity contribution >= 4 is 17.4 Å². The second-order valence-electron chi connectivity index (χ2n) is 5.85. The predicted octanol–water partition coefficient (Wildman–Crippen LogP) is 1.36. The van der Waals surface area contributed by atoms with Crippen molar-refractivity contribution in [2.75, 3.05) is 25.0 Å². The van der Waals surface area contributed by atoms with Gasteiger partial charge in [-0.2, -0.15) is 13.2 Å². The third-order valence-corrected chi connectivity index (χ3v) is 4.13. The maximum absolute atomic E-state index is 12.8. The molecule has 1 fully saturated rings. The van der Waals surface area contributed by atoms with Crippen molar-refractivity contribution in [1.82, 2.24) is 15.3 Å². The monoisotopic (exact) mass is 343 g/mol. The summed E-state index contributed by atoms with van der Waals surface area (Å²) in [5, 5.41) is 6.32. The Bertz CT molecular complexity index is 679. The highest BCUT2D eigenvalue weighted by atomic mass is 19.4. The maximum atomic E-state index is 12.8. The minimum absolute atomic E-state index is 0.188. The highest BCUT2D eigenvalue weighted by Gasteiger charge is 2.45. The van der Waals surface area contributed by atoms with Gasteiger partial charge in [0.15, 0.2) is 5.60 Å². The van der Waals surface area contributed by atoms with Gasteiger partial charge in [-0.3, -0.25) is 4.79 Å². The molecule has 24 heavy (non-hydrogen) atoms. The molecule has 7 nitrogen and oxygen atoms in total. The molecule has 3 heterocycles. The number of carbonyl (C=O) groups excluding carboxylic acids is 1. The summed E-state index contributed by atoms with van der Waals surface area (Å²) in [6.45, 7) is 0.861. The second-order valence-corrected chi connectivity index (χ2v) is 5.85. The zero-order valence-electron chi connectivity index (χ0n) is 12.9. The van der Waals surface area contributed by atoms with E-state index in [2.05, 4.69) is 20.4 Å². The molecule has 0 bridgehead atoms. The smallest absolute Gasteiger partial charge is 0.386 e. The number of halogens is 3. The number of nitrogens with zero attached hydrogens (tertiary/aromatic N) is 4. The summed E-state index contributed by atoms with van der Waals surface area (Å²) >= 11 is 0. The number of anilines is 1. The number of nitrogens with one attached hydrogen (secondary N) is 1. The lowest BCUT2D eigenvalue weighted by molar-refractivity contribution is -0.141. The van der Waals surface area contributed by atoms with Crippen molar-refractivity contribution in [2.45, 2.75) is 31.0 Å².